The van der Waals surface area contributed by atoms with Crippen molar-refractivity contribution >= 4 is 5.65 Å². The number of rotatable bonds is 1. The number of nitrogens with zero attached hydrogens (tertiary/aromatic N) is 2. The lowest BCUT2D eigenvalue weighted by Gasteiger charge is -2.05. The Balaban J connectivity index is 2.66. The fraction of sp³-hybridized carbons (Fsp3) is 0.300. The third-order valence-electron chi connectivity index (χ3n) is 2.15. The lowest BCUT2D eigenvalue weighted by atomic mass is 10.1. The first-order valence-electron chi connectivity index (χ1n) is 4.31. The number of hydrogen-bond acceptors (Lipinski definition) is 1. The lowest BCUT2D eigenvalue weighted by molar-refractivity contribution is 0.571. The Labute approximate surface area is 76.0 Å². The van der Waals surface area contributed by atoms with Gasteiger partial charge in [0, 0.05) is 6.20 Å². The number of fused-ring (bicyclic) bond motifs is 1. The molecule has 0 atom stereocenters. The van der Waals surface area contributed by atoms with Crippen LogP contribution in [0, 0.1) is 5.95 Å². The summed E-state index contributed by atoms with van der Waals surface area (Å²) in [5.74, 6) is 0.101. The van der Waals surface area contributed by atoms with Crippen LogP contribution in [-0.2, 0) is 0 Å². The number of pyridine rings is 1. The molecule has 2 rings (SSSR count). The van der Waals surface area contributed by atoms with Crippen LogP contribution >= 0.6 is 0 Å². The van der Waals surface area contributed by atoms with Crippen LogP contribution in [0.15, 0.2) is 24.5 Å². The topological polar surface area (TPSA) is 17.3 Å². The summed E-state index contributed by atoms with van der Waals surface area (Å²) < 4.78 is 14.6. The fourth-order valence-electron chi connectivity index (χ4n) is 1.31. The van der Waals surface area contributed by atoms with Gasteiger partial charge in [-0.25, -0.2) is 4.98 Å². The van der Waals surface area contributed by atoms with Crippen LogP contribution < -0.4 is 0 Å². The van der Waals surface area contributed by atoms with E-state index < -0.39 is 0 Å². The summed E-state index contributed by atoms with van der Waals surface area (Å²) >= 11 is 0. The molecule has 0 aliphatic rings. The van der Waals surface area contributed by atoms with Gasteiger partial charge in [0.1, 0.15) is 5.65 Å². The van der Waals surface area contributed by atoms with Gasteiger partial charge < -0.3 is 0 Å². The molecule has 2 nitrogen and oxygen atoms in total. The largest absolute Gasteiger partial charge is 0.276 e. The molecule has 0 bridgehead atoms. The Hall–Kier alpha value is -1.38. The number of imidazole rings is 1. The van der Waals surface area contributed by atoms with Crippen LogP contribution in [0.2, 0.25) is 0 Å². The second-order valence-corrected chi connectivity index (χ2v) is 3.43. The van der Waals surface area contributed by atoms with Crippen molar-refractivity contribution < 1.29 is 4.39 Å². The highest BCUT2D eigenvalue weighted by Crippen LogP contribution is 2.15. The summed E-state index contributed by atoms with van der Waals surface area (Å²) in [4.78, 5) is 3.91. The summed E-state index contributed by atoms with van der Waals surface area (Å²) in [5, 5.41) is 0. The molecule has 2 aromatic heterocycles. The van der Waals surface area contributed by atoms with Gasteiger partial charge >= 0.3 is 0 Å². The van der Waals surface area contributed by atoms with Crippen LogP contribution in [0.3, 0.4) is 0 Å². The maximum absolute atomic E-state index is 13.1. The van der Waals surface area contributed by atoms with E-state index in [4.69, 9.17) is 0 Å². The minimum atomic E-state index is -0.308. The Bertz CT molecular complexity index is 431. The molecule has 2 heterocycles. The van der Waals surface area contributed by atoms with Crippen molar-refractivity contribution in [3.63, 3.8) is 0 Å². The zero-order valence-electron chi connectivity index (χ0n) is 7.66. The molecule has 13 heavy (non-hydrogen) atoms. The molecule has 0 radical (unpaired) electrons. The predicted molar refractivity (Wildman–Crippen MR) is 49.2 cm³/mol. The molecule has 3 heteroatoms. The van der Waals surface area contributed by atoms with Gasteiger partial charge in [-0.2, -0.15) is 4.39 Å². The van der Waals surface area contributed by atoms with Crippen LogP contribution in [0.4, 0.5) is 4.39 Å². The molecule has 0 fully saturated rings. The first-order chi connectivity index (χ1) is 6.18. The molecule has 0 unspecified atom stereocenters. The quantitative estimate of drug-likeness (QED) is 0.656. The van der Waals surface area contributed by atoms with E-state index in [1.165, 1.54) is 10.6 Å². The molecular formula is C10H11FN2. The van der Waals surface area contributed by atoms with Crippen molar-refractivity contribution in [1.29, 1.82) is 0 Å². The van der Waals surface area contributed by atoms with Crippen molar-refractivity contribution in [2.75, 3.05) is 0 Å². The normalized spacial score (nSPS) is 11.4. The van der Waals surface area contributed by atoms with Crippen molar-refractivity contribution in [3.8, 4) is 0 Å². The van der Waals surface area contributed by atoms with Crippen LogP contribution in [0.5, 0.6) is 0 Å². The monoisotopic (exact) mass is 178 g/mol. The van der Waals surface area contributed by atoms with Crippen molar-refractivity contribution in [1.82, 2.24) is 9.38 Å². The van der Waals surface area contributed by atoms with Crippen LogP contribution in [-0.4, -0.2) is 9.38 Å². The van der Waals surface area contributed by atoms with Crippen molar-refractivity contribution in [2.24, 2.45) is 0 Å². The van der Waals surface area contributed by atoms with E-state index in [1.807, 2.05) is 12.1 Å². The van der Waals surface area contributed by atoms with E-state index in [1.54, 1.807) is 6.20 Å². The second-order valence-electron chi connectivity index (χ2n) is 3.43. The highest BCUT2D eigenvalue weighted by atomic mass is 19.1. The van der Waals surface area contributed by atoms with Crippen molar-refractivity contribution in [2.45, 2.75) is 19.8 Å². The van der Waals surface area contributed by atoms with Gasteiger partial charge in [-0.3, -0.25) is 4.40 Å². The van der Waals surface area contributed by atoms with Gasteiger partial charge in [-0.05, 0) is 17.5 Å². The highest BCUT2D eigenvalue weighted by molar-refractivity contribution is 5.40. The fourth-order valence-corrected chi connectivity index (χ4v) is 1.31. The summed E-state index contributed by atoms with van der Waals surface area (Å²) in [6.07, 6.45) is 3.03. The minimum absolute atomic E-state index is 0.308. The molecule has 0 amide bonds. The standard InChI is InChI=1S/C10H11FN2/c1-7(2)8-3-4-10-12-5-9(11)13(10)6-8/h3-7H,1-2H3. The zero-order chi connectivity index (χ0) is 9.42. The average molecular weight is 178 g/mol. The van der Waals surface area contributed by atoms with E-state index in [2.05, 4.69) is 18.8 Å². The first kappa shape index (κ1) is 8.23. The maximum Gasteiger partial charge on any atom is 0.217 e. The van der Waals surface area contributed by atoms with Gasteiger partial charge in [-0.1, -0.05) is 19.9 Å². The van der Waals surface area contributed by atoms with Crippen LogP contribution in [0.1, 0.15) is 25.3 Å². The number of hydrogen-bond donors (Lipinski definition) is 0. The smallest absolute Gasteiger partial charge is 0.217 e. The van der Waals surface area contributed by atoms with Gasteiger partial charge in [0.15, 0.2) is 0 Å². The molecule has 0 N–H and O–H groups in total. The Morgan fingerprint density at radius 2 is 2.15 bits per heavy atom. The van der Waals surface area contributed by atoms with Crippen LogP contribution in [0.25, 0.3) is 5.65 Å². The molecular weight excluding hydrogens is 167 g/mol. The maximum atomic E-state index is 13.1. The van der Waals surface area contributed by atoms with E-state index in [0.717, 1.165) is 5.56 Å². The average Bonchev–Trinajstić information content (AvgIpc) is 2.47. The first-order valence-corrected chi connectivity index (χ1v) is 4.31. The van der Waals surface area contributed by atoms with Gasteiger partial charge in [0.05, 0.1) is 6.20 Å². The summed E-state index contributed by atoms with van der Waals surface area (Å²) in [5.41, 5.74) is 1.77. The van der Waals surface area contributed by atoms with E-state index in [9.17, 15) is 4.39 Å². The highest BCUT2D eigenvalue weighted by Gasteiger charge is 2.04. The molecule has 0 saturated heterocycles. The summed E-state index contributed by atoms with van der Waals surface area (Å²) in [7, 11) is 0. The Morgan fingerprint density at radius 3 is 2.85 bits per heavy atom. The molecule has 0 aliphatic carbocycles. The summed E-state index contributed by atoms with van der Waals surface area (Å²) in [6.45, 7) is 4.16. The van der Waals surface area contributed by atoms with E-state index in [0.29, 0.717) is 11.6 Å². The van der Waals surface area contributed by atoms with Gasteiger partial charge in [0.2, 0.25) is 5.95 Å². The third kappa shape index (κ3) is 1.30. The Kier molecular flexibility index (Phi) is 1.79. The molecule has 0 spiro atoms. The zero-order valence-corrected chi connectivity index (χ0v) is 7.66. The molecule has 2 aromatic rings. The van der Waals surface area contributed by atoms with Gasteiger partial charge in [0.25, 0.3) is 0 Å². The number of aromatic nitrogens is 2. The van der Waals surface area contributed by atoms with Crippen molar-refractivity contribution in [3.05, 3.63) is 36.0 Å². The van der Waals surface area contributed by atoms with E-state index in [-0.39, 0.29) is 5.95 Å². The molecule has 68 valence electrons. The molecule has 0 aliphatic heterocycles. The third-order valence-corrected chi connectivity index (χ3v) is 2.15. The Morgan fingerprint density at radius 1 is 1.38 bits per heavy atom. The van der Waals surface area contributed by atoms with Gasteiger partial charge in [-0.15, -0.1) is 0 Å². The number of halogens is 1. The predicted octanol–water partition coefficient (Wildman–Crippen LogP) is 2.60. The lowest BCUT2D eigenvalue weighted by Crippen LogP contribution is -1.93. The summed E-state index contributed by atoms with van der Waals surface area (Å²) in [6, 6.07) is 3.81. The van der Waals surface area contributed by atoms with E-state index >= 15 is 0 Å². The molecule has 0 aromatic carbocycles. The molecule has 0 saturated carbocycles. The SMILES string of the molecule is CC(C)c1ccc2ncc(F)n2c1. The second kappa shape index (κ2) is 2.83. The minimum Gasteiger partial charge on any atom is -0.276 e.